The maximum Gasteiger partial charge on any atom is 0.227 e. The summed E-state index contributed by atoms with van der Waals surface area (Å²) in [6.07, 6.45) is 23.7. The predicted octanol–water partition coefficient (Wildman–Crippen LogP) is 7.40. The van der Waals surface area contributed by atoms with Crippen molar-refractivity contribution in [2.75, 3.05) is 6.54 Å². The van der Waals surface area contributed by atoms with Crippen molar-refractivity contribution in [2.24, 2.45) is 11.5 Å². The number of hydrogen-bond acceptors (Lipinski definition) is 8. The molecule has 7 N–H and O–H groups in total. The molecule has 6 atom stereocenters. The van der Waals surface area contributed by atoms with E-state index >= 15 is 0 Å². The van der Waals surface area contributed by atoms with E-state index < -0.39 is 36.3 Å². The first-order valence-electron chi connectivity index (χ1n) is 20.2. The van der Waals surface area contributed by atoms with Crippen molar-refractivity contribution in [3.8, 4) is 0 Å². The van der Waals surface area contributed by atoms with E-state index in [1.54, 1.807) is 0 Å². The first-order chi connectivity index (χ1) is 23.1. The van der Waals surface area contributed by atoms with E-state index in [1.165, 1.54) is 121 Å². The minimum absolute atomic E-state index is 0.249. The third-order valence-electron chi connectivity index (χ3n) is 10.2. The number of ether oxygens (including phenoxy) is 1. The fourth-order valence-electron chi connectivity index (χ4n) is 6.84. The highest BCUT2D eigenvalue weighted by molar-refractivity contribution is 5.83. The summed E-state index contributed by atoms with van der Waals surface area (Å²) < 4.78 is 5.99. The summed E-state index contributed by atoms with van der Waals surface area (Å²) in [4.78, 5) is 27.4. The Morgan fingerprint density at radius 2 is 1.02 bits per heavy atom. The van der Waals surface area contributed by atoms with Crippen molar-refractivity contribution in [1.82, 2.24) is 4.90 Å². The quantitative estimate of drug-likeness (QED) is 0.0373. The van der Waals surface area contributed by atoms with Gasteiger partial charge in [-0.25, -0.2) is 0 Å². The Bertz CT molecular complexity index is 815. The lowest BCUT2D eigenvalue weighted by atomic mass is 9.90. The van der Waals surface area contributed by atoms with Gasteiger partial charge in [0, 0.05) is 19.4 Å². The molecule has 0 unspecified atom stereocenters. The molecule has 1 rings (SSSR count). The molecule has 1 fully saturated rings. The van der Waals surface area contributed by atoms with Crippen molar-refractivity contribution in [3.05, 3.63) is 0 Å². The average molecular weight is 684 g/mol. The van der Waals surface area contributed by atoms with Crippen molar-refractivity contribution in [1.29, 1.82) is 0 Å². The Morgan fingerprint density at radius 3 is 1.42 bits per heavy atom. The highest BCUT2D eigenvalue weighted by Gasteiger charge is 2.56. The molecule has 0 aromatic rings. The Hall–Kier alpha value is -1.10. The molecule has 0 bridgehead atoms. The predicted molar refractivity (Wildman–Crippen MR) is 196 cm³/mol. The molecule has 0 spiro atoms. The summed E-state index contributed by atoms with van der Waals surface area (Å²) in [5, 5.41) is 32.4. The van der Waals surface area contributed by atoms with Crippen LogP contribution in [0.1, 0.15) is 194 Å². The molecule has 1 aliphatic rings. The first-order valence-corrected chi connectivity index (χ1v) is 20.2. The monoisotopic (exact) mass is 684 g/mol. The lowest BCUT2D eigenvalue weighted by Gasteiger charge is -2.51. The number of aliphatic hydroxyl groups excluding tert-OH is 3. The molecule has 0 aliphatic carbocycles. The molecule has 284 valence electrons. The number of amides is 1. The number of hydrogen-bond donors (Lipinski definition) is 5. The van der Waals surface area contributed by atoms with Crippen LogP contribution in [0.15, 0.2) is 0 Å². The molecule has 9 heteroatoms. The molecule has 1 amide bonds. The number of nitrogens with two attached hydrogens (primary N) is 2. The largest absolute Gasteiger partial charge is 0.388 e. The second kappa shape index (κ2) is 27.6. The number of ketones is 1. The maximum atomic E-state index is 13.6. The van der Waals surface area contributed by atoms with Crippen molar-refractivity contribution in [2.45, 2.75) is 230 Å². The van der Waals surface area contributed by atoms with Gasteiger partial charge in [0.25, 0.3) is 0 Å². The lowest BCUT2D eigenvalue weighted by Crippen LogP contribution is -2.76. The number of aliphatic hydroxyl groups is 3. The average Bonchev–Trinajstić information content (AvgIpc) is 3.06. The number of Topliss-reactive ketones (excluding diaryl/α,β-unsaturated/α-hetero) is 1. The van der Waals surface area contributed by atoms with E-state index in [2.05, 4.69) is 13.8 Å². The zero-order valence-electron chi connectivity index (χ0n) is 31.4. The first kappa shape index (κ1) is 44.9. The summed E-state index contributed by atoms with van der Waals surface area (Å²) in [5.74, 6) is -2.68. The summed E-state index contributed by atoms with van der Waals surface area (Å²) in [7, 11) is 0. The molecule has 0 aromatic carbocycles. The minimum atomic E-state index is -2.06. The molecule has 1 saturated heterocycles. The molecule has 1 heterocycles. The summed E-state index contributed by atoms with van der Waals surface area (Å²) >= 11 is 0. The Morgan fingerprint density at radius 1 is 0.646 bits per heavy atom. The third kappa shape index (κ3) is 18.2. The fourth-order valence-corrected chi connectivity index (χ4v) is 6.84. The van der Waals surface area contributed by atoms with Crippen LogP contribution in [0.5, 0.6) is 0 Å². The van der Waals surface area contributed by atoms with E-state index in [0.717, 1.165) is 38.5 Å². The van der Waals surface area contributed by atoms with Crippen molar-refractivity contribution < 1.29 is 29.6 Å². The highest BCUT2D eigenvalue weighted by Crippen LogP contribution is 2.32. The topological polar surface area (TPSA) is 159 Å². The molecule has 0 aromatic heterocycles. The smallest absolute Gasteiger partial charge is 0.227 e. The SMILES string of the molecule is CCCCCCCCCCCCCCCCCCN(C(=O)CCCCCCCCCCC)[C@]1(N)O[C@H](CC(=O)[C@H](C)N)[C@@H](O)[C@H](O)[C@H]1O. The van der Waals surface area contributed by atoms with Crippen LogP contribution in [0.2, 0.25) is 0 Å². The number of rotatable bonds is 31. The van der Waals surface area contributed by atoms with Crippen LogP contribution >= 0.6 is 0 Å². The highest BCUT2D eigenvalue weighted by atomic mass is 16.6. The van der Waals surface area contributed by atoms with E-state index in [4.69, 9.17) is 16.2 Å². The molecular weight excluding hydrogens is 606 g/mol. The standard InChI is InChI=1S/C39H77N3O6/c1-4-6-8-10-12-14-15-16-17-18-19-20-22-24-26-28-30-42(35(44)29-27-25-23-21-13-11-9-7-5-2)39(41)38(47)37(46)36(45)34(48-39)31-33(43)32(3)40/h32,34,36-38,45-47H,4-31,40-41H2,1-3H3/t32-,34+,36+,37-,38+,39-/m0/s1. The molecule has 0 radical (unpaired) electrons. The minimum Gasteiger partial charge on any atom is -0.388 e. The van der Waals surface area contributed by atoms with Crippen LogP contribution in [0.3, 0.4) is 0 Å². The van der Waals surface area contributed by atoms with Crippen LogP contribution < -0.4 is 11.5 Å². The zero-order chi connectivity index (χ0) is 35.6. The van der Waals surface area contributed by atoms with Crippen LogP contribution in [-0.4, -0.2) is 74.8 Å². The van der Waals surface area contributed by atoms with E-state index in [0.29, 0.717) is 12.8 Å². The third-order valence-corrected chi connectivity index (χ3v) is 10.2. The van der Waals surface area contributed by atoms with Gasteiger partial charge in [-0.15, -0.1) is 0 Å². The second-order valence-electron chi connectivity index (χ2n) is 14.7. The number of unbranched alkanes of at least 4 members (excludes halogenated alkanes) is 23. The van der Waals surface area contributed by atoms with Crippen LogP contribution in [0.25, 0.3) is 0 Å². The van der Waals surface area contributed by atoms with Gasteiger partial charge in [-0.1, -0.05) is 162 Å². The van der Waals surface area contributed by atoms with Gasteiger partial charge < -0.3 is 25.8 Å². The van der Waals surface area contributed by atoms with E-state index in [9.17, 15) is 24.9 Å². The van der Waals surface area contributed by atoms with Gasteiger partial charge in [0.1, 0.15) is 18.3 Å². The molecule has 9 nitrogen and oxygen atoms in total. The van der Waals surface area contributed by atoms with Gasteiger partial charge in [0.15, 0.2) is 5.78 Å². The fraction of sp³-hybridized carbons (Fsp3) is 0.949. The maximum absolute atomic E-state index is 13.6. The zero-order valence-corrected chi connectivity index (χ0v) is 31.4. The van der Waals surface area contributed by atoms with Crippen LogP contribution in [0, 0.1) is 0 Å². The van der Waals surface area contributed by atoms with Crippen molar-refractivity contribution >= 4 is 11.7 Å². The molecular formula is C39H77N3O6. The van der Waals surface area contributed by atoms with Crippen LogP contribution in [-0.2, 0) is 14.3 Å². The van der Waals surface area contributed by atoms with Gasteiger partial charge in [0.2, 0.25) is 11.8 Å². The molecule has 0 saturated carbocycles. The van der Waals surface area contributed by atoms with Gasteiger partial charge in [-0.05, 0) is 19.8 Å². The lowest BCUT2D eigenvalue weighted by molar-refractivity contribution is -0.309. The normalized spacial score (nSPS) is 23.3. The van der Waals surface area contributed by atoms with Gasteiger partial charge in [0.05, 0.1) is 12.1 Å². The second-order valence-corrected chi connectivity index (χ2v) is 14.7. The van der Waals surface area contributed by atoms with Gasteiger partial charge in [-0.3, -0.25) is 20.2 Å². The van der Waals surface area contributed by atoms with E-state index in [-0.39, 0.29) is 31.1 Å². The number of carbonyl (C=O) groups excluding carboxylic acids is 2. The number of nitrogens with zero attached hydrogens (tertiary/aromatic N) is 1. The summed E-state index contributed by atoms with van der Waals surface area (Å²) in [6.45, 7) is 6.28. The van der Waals surface area contributed by atoms with Gasteiger partial charge >= 0.3 is 0 Å². The number of carbonyl (C=O) groups is 2. The Balaban J connectivity index is 2.60. The Kier molecular flexibility index (Phi) is 25.8. The van der Waals surface area contributed by atoms with Crippen molar-refractivity contribution in [3.63, 3.8) is 0 Å². The molecule has 1 aliphatic heterocycles. The van der Waals surface area contributed by atoms with Gasteiger partial charge in [-0.2, -0.15) is 0 Å². The summed E-state index contributed by atoms with van der Waals surface area (Å²) in [5.41, 5.74) is 12.4. The van der Waals surface area contributed by atoms with Crippen LogP contribution in [0.4, 0.5) is 0 Å². The molecule has 48 heavy (non-hydrogen) atoms. The van der Waals surface area contributed by atoms with E-state index in [1.807, 2.05) is 0 Å². The Labute approximate surface area is 294 Å². The summed E-state index contributed by atoms with van der Waals surface area (Å²) in [6, 6.07) is -0.786.